The van der Waals surface area contributed by atoms with Gasteiger partial charge in [-0.1, -0.05) is 84.6 Å². The summed E-state index contributed by atoms with van der Waals surface area (Å²) in [6.07, 6.45) is 4.36. The number of benzene rings is 4. The molecule has 33 heavy (non-hydrogen) atoms. The highest BCUT2D eigenvalue weighted by Gasteiger charge is 2.13. The van der Waals surface area contributed by atoms with Gasteiger partial charge >= 0.3 is 0 Å². The minimum absolute atomic E-state index is 0. The molecule has 0 N–H and O–H groups in total. The molecule has 168 valence electrons. The molecule has 1 aliphatic heterocycles. The van der Waals surface area contributed by atoms with Crippen LogP contribution in [0.25, 0.3) is 16.8 Å². The van der Waals surface area contributed by atoms with Gasteiger partial charge in [0.2, 0.25) is 0 Å². The summed E-state index contributed by atoms with van der Waals surface area (Å²) >= 11 is 1.81. The van der Waals surface area contributed by atoms with Crippen molar-refractivity contribution in [2.45, 2.75) is 9.79 Å². The number of benzodiazepines with no additional fused rings is 1. The predicted molar refractivity (Wildman–Crippen MR) is 149 cm³/mol. The number of rotatable bonds is 4. The van der Waals surface area contributed by atoms with E-state index in [2.05, 4.69) is 115 Å². The van der Waals surface area contributed by atoms with Crippen LogP contribution in [-0.2, 0) is 0 Å². The van der Waals surface area contributed by atoms with Gasteiger partial charge in [0.1, 0.15) is 0 Å². The molecule has 0 fully saturated rings. The molecule has 0 unspecified atom stereocenters. The van der Waals surface area contributed by atoms with Gasteiger partial charge in [-0.25, -0.2) is 0 Å². The number of hydrogen-bond donors (Lipinski definition) is 0. The average Bonchev–Trinajstić information content (AvgIpc) is 2.97. The first kappa shape index (κ1) is 24.9. The van der Waals surface area contributed by atoms with Gasteiger partial charge in [-0.05, 0) is 46.7 Å². The van der Waals surface area contributed by atoms with Crippen LogP contribution in [0.15, 0.2) is 112 Å². The van der Waals surface area contributed by atoms with Crippen molar-refractivity contribution >= 4 is 64.8 Å². The lowest BCUT2D eigenvalue weighted by Crippen LogP contribution is -2.20. The van der Waals surface area contributed by atoms with Crippen molar-refractivity contribution in [2.24, 2.45) is 4.99 Å². The molecule has 5 rings (SSSR count). The highest BCUT2D eigenvalue weighted by Crippen LogP contribution is 2.33. The standard InChI is InChI=1S/C28H24N2S.2ClH/c1-30-19-18-29-26(25-11-5-6-12-27(25)30)17-15-22-9-4-7-13-28(22)31-24-16-14-21-8-2-3-10-23(21)20-24;;/h2-17,20H,18-19H2,1H3;2*1H. The number of para-hydroxylation sites is 1. The largest absolute Gasteiger partial charge is 0.372 e. The Kier molecular flexibility index (Phi) is 8.62. The molecule has 0 aromatic heterocycles. The summed E-state index contributed by atoms with van der Waals surface area (Å²) in [4.78, 5) is 9.63. The van der Waals surface area contributed by atoms with Crippen molar-refractivity contribution < 1.29 is 0 Å². The molecule has 0 saturated heterocycles. The van der Waals surface area contributed by atoms with Crippen LogP contribution in [0.5, 0.6) is 0 Å². The number of nitrogens with zero attached hydrogens (tertiary/aromatic N) is 2. The van der Waals surface area contributed by atoms with Crippen molar-refractivity contribution in [2.75, 3.05) is 25.0 Å². The van der Waals surface area contributed by atoms with Crippen molar-refractivity contribution in [1.29, 1.82) is 0 Å². The van der Waals surface area contributed by atoms with Crippen LogP contribution in [0, 0.1) is 0 Å². The third-order valence-electron chi connectivity index (χ3n) is 5.60. The van der Waals surface area contributed by atoms with Crippen LogP contribution in [0.4, 0.5) is 5.69 Å². The van der Waals surface area contributed by atoms with E-state index < -0.39 is 0 Å². The molecule has 1 aliphatic rings. The van der Waals surface area contributed by atoms with E-state index in [9.17, 15) is 0 Å². The zero-order valence-electron chi connectivity index (χ0n) is 18.3. The molecule has 0 amide bonds. The minimum atomic E-state index is 0. The number of likely N-dealkylation sites (N-methyl/N-ethyl adjacent to an activating group) is 1. The normalized spacial score (nSPS) is 13.0. The van der Waals surface area contributed by atoms with E-state index in [1.54, 1.807) is 11.8 Å². The summed E-state index contributed by atoms with van der Waals surface area (Å²) in [5.41, 5.74) is 4.68. The second kappa shape index (κ2) is 11.4. The zero-order valence-corrected chi connectivity index (χ0v) is 20.8. The van der Waals surface area contributed by atoms with Crippen LogP contribution in [0.2, 0.25) is 0 Å². The molecule has 0 saturated carbocycles. The lowest BCUT2D eigenvalue weighted by Gasteiger charge is -2.18. The summed E-state index contributed by atoms with van der Waals surface area (Å²) in [5, 5.41) is 2.55. The van der Waals surface area contributed by atoms with E-state index in [0.29, 0.717) is 0 Å². The van der Waals surface area contributed by atoms with Gasteiger partial charge in [0.25, 0.3) is 0 Å². The second-order valence-electron chi connectivity index (χ2n) is 7.69. The highest BCUT2D eigenvalue weighted by atomic mass is 35.5. The monoisotopic (exact) mass is 492 g/mol. The maximum absolute atomic E-state index is 4.86. The molecule has 4 aromatic carbocycles. The van der Waals surface area contributed by atoms with E-state index in [0.717, 1.165) is 18.8 Å². The van der Waals surface area contributed by atoms with Crippen molar-refractivity contribution in [3.8, 4) is 0 Å². The fraction of sp³-hybridized carbons (Fsp3) is 0.107. The Balaban J connectivity index is 0.00000153. The highest BCUT2D eigenvalue weighted by molar-refractivity contribution is 7.99. The van der Waals surface area contributed by atoms with E-state index in [1.165, 1.54) is 37.4 Å². The second-order valence-corrected chi connectivity index (χ2v) is 8.80. The molecule has 0 bridgehead atoms. The third kappa shape index (κ3) is 5.62. The van der Waals surface area contributed by atoms with Crippen molar-refractivity contribution in [1.82, 2.24) is 0 Å². The fourth-order valence-electron chi connectivity index (χ4n) is 3.93. The van der Waals surface area contributed by atoms with Crippen LogP contribution in [0.1, 0.15) is 11.1 Å². The summed E-state index contributed by atoms with van der Waals surface area (Å²) in [6, 6.07) is 32.3. The molecule has 1 heterocycles. The van der Waals surface area contributed by atoms with Crippen LogP contribution < -0.4 is 4.90 Å². The molecule has 0 radical (unpaired) electrons. The Labute approximate surface area is 212 Å². The average molecular weight is 494 g/mol. The number of allylic oxidation sites excluding steroid dienone is 1. The van der Waals surface area contributed by atoms with Gasteiger partial charge in [-0.3, -0.25) is 4.99 Å². The van der Waals surface area contributed by atoms with Crippen molar-refractivity contribution in [3.63, 3.8) is 0 Å². The molecule has 0 atom stereocenters. The lowest BCUT2D eigenvalue weighted by molar-refractivity contribution is 0.897. The van der Waals surface area contributed by atoms with Crippen LogP contribution in [-0.4, -0.2) is 25.8 Å². The number of halogens is 2. The Hall–Kier alpha value is -2.72. The molecule has 0 spiro atoms. The Morgan fingerprint density at radius 2 is 1.52 bits per heavy atom. The first-order valence-corrected chi connectivity index (χ1v) is 11.4. The predicted octanol–water partition coefficient (Wildman–Crippen LogP) is 7.79. The smallest absolute Gasteiger partial charge is 0.0668 e. The number of hydrogen-bond acceptors (Lipinski definition) is 3. The molecular formula is C28H26Cl2N2S. The first-order chi connectivity index (χ1) is 15.3. The molecule has 4 aromatic rings. The number of anilines is 1. The lowest BCUT2D eigenvalue weighted by atomic mass is 10.1. The minimum Gasteiger partial charge on any atom is -0.372 e. The Morgan fingerprint density at radius 3 is 2.39 bits per heavy atom. The SMILES string of the molecule is CN1CCN=C(C=Cc2ccccc2Sc2ccc3ccccc3c2)c2ccccc21.Cl.Cl. The first-order valence-electron chi connectivity index (χ1n) is 10.6. The Morgan fingerprint density at radius 1 is 0.788 bits per heavy atom. The summed E-state index contributed by atoms with van der Waals surface area (Å²) < 4.78 is 0. The van der Waals surface area contributed by atoms with Gasteiger partial charge in [0.05, 0.1) is 12.3 Å². The third-order valence-corrected chi connectivity index (χ3v) is 6.68. The number of aliphatic imine (C=N–C) groups is 1. The maximum atomic E-state index is 4.86. The Bertz CT molecular complexity index is 1300. The number of fused-ring (bicyclic) bond motifs is 2. The molecule has 5 heteroatoms. The van der Waals surface area contributed by atoms with Gasteiger partial charge in [0, 0.05) is 34.6 Å². The van der Waals surface area contributed by atoms with Crippen LogP contribution in [0.3, 0.4) is 0 Å². The molecule has 0 aliphatic carbocycles. The van der Waals surface area contributed by atoms with E-state index in [-0.39, 0.29) is 24.8 Å². The summed E-state index contributed by atoms with van der Waals surface area (Å²) in [5.74, 6) is 0. The van der Waals surface area contributed by atoms with Crippen molar-refractivity contribution in [3.05, 3.63) is 108 Å². The summed E-state index contributed by atoms with van der Waals surface area (Å²) in [6.45, 7) is 1.74. The van der Waals surface area contributed by atoms with Gasteiger partial charge in [0.15, 0.2) is 0 Å². The fourth-order valence-corrected chi connectivity index (χ4v) is 4.91. The van der Waals surface area contributed by atoms with Gasteiger partial charge in [-0.15, -0.1) is 24.8 Å². The summed E-state index contributed by atoms with van der Waals surface area (Å²) in [7, 11) is 2.14. The zero-order chi connectivity index (χ0) is 21.0. The maximum Gasteiger partial charge on any atom is 0.0668 e. The van der Waals surface area contributed by atoms with Gasteiger partial charge in [-0.2, -0.15) is 0 Å². The van der Waals surface area contributed by atoms with E-state index >= 15 is 0 Å². The van der Waals surface area contributed by atoms with E-state index in [1.807, 2.05) is 0 Å². The quantitative estimate of drug-likeness (QED) is 0.288. The molecule has 2 nitrogen and oxygen atoms in total. The van der Waals surface area contributed by atoms with Crippen LogP contribution >= 0.6 is 36.6 Å². The topological polar surface area (TPSA) is 15.6 Å². The van der Waals surface area contributed by atoms with E-state index in [4.69, 9.17) is 4.99 Å². The van der Waals surface area contributed by atoms with Gasteiger partial charge < -0.3 is 4.90 Å². The molecular weight excluding hydrogens is 467 g/mol.